The maximum atomic E-state index is 12.1. The molecule has 0 bridgehead atoms. The minimum absolute atomic E-state index is 0.190. The number of amides is 1. The van der Waals surface area contributed by atoms with Gasteiger partial charge in [-0.2, -0.15) is 0 Å². The molecule has 0 saturated carbocycles. The van der Waals surface area contributed by atoms with Crippen molar-refractivity contribution < 1.29 is 9.53 Å². The Bertz CT molecular complexity index is 636. The summed E-state index contributed by atoms with van der Waals surface area (Å²) in [5.74, 6) is -0.190. The van der Waals surface area contributed by atoms with Gasteiger partial charge in [-0.1, -0.05) is 12.2 Å². The Kier molecular flexibility index (Phi) is 4.70. The van der Waals surface area contributed by atoms with Crippen molar-refractivity contribution in [3.63, 3.8) is 0 Å². The molecule has 1 amide bonds. The van der Waals surface area contributed by atoms with Gasteiger partial charge in [0, 0.05) is 18.1 Å². The second-order valence-electron chi connectivity index (χ2n) is 4.47. The van der Waals surface area contributed by atoms with Crippen molar-refractivity contribution in [1.29, 1.82) is 0 Å². The number of nitrogen functional groups attached to an aromatic ring is 1. The number of nitrogens with one attached hydrogen (secondary N) is 1. The van der Waals surface area contributed by atoms with Crippen LogP contribution in [0.3, 0.4) is 0 Å². The Labute approximate surface area is 121 Å². The number of pyridine rings is 1. The number of rotatable bonds is 6. The lowest BCUT2D eigenvalue weighted by atomic mass is 10.2. The minimum atomic E-state index is -0.190. The molecule has 0 aliphatic heterocycles. The number of aromatic nitrogens is 1. The van der Waals surface area contributed by atoms with E-state index in [9.17, 15) is 4.79 Å². The Morgan fingerprint density at radius 2 is 2.40 bits per heavy atom. The van der Waals surface area contributed by atoms with Gasteiger partial charge in [0.15, 0.2) is 0 Å². The summed E-state index contributed by atoms with van der Waals surface area (Å²) in [6.45, 7) is 7.02. The Hall–Kier alpha value is -1.92. The van der Waals surface area contributed by atoms with E-state index in [1.165, 1.54) is 11.3 Å². The van der Waals surface area contributed by atoms with Crippen LogP contribution in [0.5, 0.6) is 0 Å². The summed E-state index contributed by atoms with van der Waals surface area (Å²) in [5, 5.41) is 3.60. The van der Waals surface area contributed by atoms with Crippen LogP contribution in [0, 0.1) is 0 Å². The van der Waals surface area contributed by atoms with Gasteiger partial charge in [-0.25, -0.2) is 4.98 Å². The molecule has 0 unspecified atom stereocenters. The summed E-state index contributed by atoms with van der Waals surface area (Å²) in [4.78, 5) is 17.5. The molecule has 3 N–H and O–H groups in total. The van der Waals surface area contributed by atoms with E-state index < -0.39 is 0 Å². The number of nitrogens with zero attached hydrogens (tertiary/aromatic N) is 1. The maximum absolute atomic E-state index is 12.1. The zero-order chi connectivity index (χ0) is 14.5. The van der Waals surface area contributed by atoms with E-state index >= 15 is 0 Å². The summed E-state index contributed by atoms with van der Waals surface area (Å²) < 4.78 is 5.32. The lowest BCUT2D eigenvalue weighted by Crippen LogP contribution is -2.27. The number of carbonyl (C=O) groups is 1. The van der Waals surface area contributed by atoms with Crippen molar-refractivity contribution in [2.75, 3.05) is 25.5 Å². The molecule has 0 fully saturated rings. The molecule has 6 heteroatoms. The number of fused-ring (bicyclic) bond motifs is 1. The largest absolute Gasteiger partial charge is 0.397 e. The molecule has 0 radical (unpaired) electrons. The normalized spacial score (nSPS) is 10.7. The SMILES string of the molecule is C=C(C)COCCNC(=O)c1sc2ncccc2c1N. The number of anilines is 1. The fourth-order valence-electron chi connectivity index (χ4n) is 1.68. The molecule has 2 aromatic heterocycles. The number of ether oxygens (including phenoxy) is 1. The predicted octanol–water partition coefficient (Wildman–Crippen LogP) is 2.20. The minimum Gasteiger partial charge on any atom is -0.397 e. The summed E-state index contributed by atoms with van der Waals surface area (Å²) >= 11 is 1.30. The number of carbonyl (C=O) groups excluding carboxylic acids is 1. The lowest BCUT2D eigenvalue weighted by Gasteiger charge is -2.05. The third kappa shape index (κ3) is 3.34. The molecular formula is C14H17N3O2S. The number of thiophene rings is 1. The zero-order valence-electron chi connectivity index (χ0n) is 11.3. The monoisotopic (exact) mass is 291 g/mol. The van der Waals surface area contributed by atoms with E-state index in [1.807, 2.05) is 13.0 Å². The molecule has 0 aliphatic carbocycles. The van der Waals surface area contributed by atoms with Crippen LogP contribution in [-0.2, 0) is 4.74 Å². The summed E-state index contributed by atoms with van der Waals surface area (Å²) in [6, 6.07) is 3.67. The molecule has 2 aromatic rings. The average Bonchev–Trinajstić information content (AvgIpc) is 2.76. The standard InChI is InChI=1S/C14H17N3O2S/c1-9(2)8-19-7-6-16-13(18)12-11(15)10-4-3-5-17-14(10)20-12/h3-5H,1,6-8,15H2,2H3,(H,16,18). The van der Waals surface area contributed by atoms with Crippen molar-refractivity contribution in [2.24, 2.45) is 0 Å². The van der Waals surface area contributed by atoms with E-state index in [-0.39, 0.29) is 5.91 Å². The fourth-order valence-corrected chi connectivity index (χ4v) is 2.66. The molecule has 2 rings (SSSR count). The highest BCUT2D eigenvalue weighted by Crippen LogP contribution is 2.31. The van der Waals surface area contributed by atoms with E-state index in [0.717, 1.165) is 15.8 Å². The quantitative estimate of drug-likeness (QED) is 0.632. The first kappa shape index (κ1) is 14.5. The highest BCUT2D eigenvalue weighted by atomic mass is 32.1. The van der Waals surface area contributed by atoms with Gasteiger partial charge in [0.05, 0.1) is 18.9 Å². The van der Waals surface area contributed by atoms with E-state index in [2.05, 4.69) is 16.9 Å². The van der Waals surface area contributed by atoms with Crippen LogP contribution in [0.4, 0.5) is 5.69 Å². The van der Waals surface area contributed by atoms with Crippen LogP contribution in [0.25, 0.3) is 10.2 Å². The molecule has 0 spiro atoms. The number of hydrogen-bond donors (Lipinski definition) is 2. The third-order valence-electron chi connectivity index (χ3n) is 2.59. The molecule has 2 heterocycles. The molecule has 0 saturated heterocycles. The molecule has 20 heavy (non-hydrogen) atoms. The third-order valence-corrected chi connectivity index (χ3v) is 3.72. The summed E-state index contributed by atoms with van der Waals surface area (Å²) in [5.41, 5.74) is 7.42. The lowest BCUT2D eigenvalue weighted by molar-refractivity contribution is 0.0931. The van der Waals surface area contributed by atoms with Gasteiger partial charge in [-0.3, -0.25) is 4.79 Å². The number of hydrogen-bond acceptors (Lipinski definition) is 5. The van der Waals surface area contributed by atoms with Gasteiger partial charge in [-0.15, -0.1) is 11.3 Å². The Morgan fingerprint density at radius 1 is 1.60 bits per heavy atom. The first-order chi connectivity index (χ1) is 9.59. The first-order valence-electron chi connectivity index (χ1n) is 6.23. The summed E-state index contributed by atoms with van der Waals surface area (Å²) in [7, 11) is 0. The van der Waals surface area contributed by atoms with Crippen molar-refractivity contribution in [1.82, 2.24) is 10.3 Å². The van der Waals surface area contributed by atoms with Crippen LogP contribution in [0.2, 0.25) is 0 Å². The second-order valence-corrected chi connectivity index (χ2v) is 5.47. The topological polar surface area (TPSA) is 77.2 Å². The van der Waals surface area contributed by atoms with Crippen LogP contribution in [0.15, 0.2) is 30.5 Å². The smallest absolute Gasteiger partial charge is 0.263 e. The van der Waals surface area contributed by atoms with Crippen molar-refractivity contribution in [3.8, 4) is 0 Å². The van der Waals surface area contributed by atoms with E-state index in [4.69, 9.17) is 10.5 Å². The summed E-state index contributed by atoms with van der Waals surface area (Å²) in [6.07, 6.45) is 1.69. The van der Waals surface area contributed by atoms with Crippen LogP contribution < -0.4 is 11.1 Å². The molecule has 0 aliphatic rings. The molecular weight excluding hydrogens is 274 g/mol. The number of nitrogens with two attached hydrogens (primary N) is 1. The predicted molar refractivity (Wildman–Crippen MR) is 82.0 cm³/mol. The van der Waals surface area contributed by atoms with Gasteiger partial charge in [-0.05, 0) is 19.1 Å². The van der Waals surface area contributed by atoms with Gasteiger partial charge in [0.1, 0.15) is 9.71 Å². The van der Waals surface area contributed by atoms with Crippen LogP contribution in [0.1, 0.15) is 16.6 Å². The highest BCUT2D eigenvalue weighted by Gasteiger charge is 2.16. The molecule has 0 atom stereocenters. The van der Waals surface area contributed by atoms with Crippen molar-refractivity contribution in [2.45, 2.75) is 6.92 Å². The van der Waals surface area contributed by atoms with Crippen LogP contribution in [-0.4, -0.2) is 30.6 Å². The van der Waals surface area contributed by atoms with Crippen molar-refractivity contribution >= 4 is 33.1 Å². The Balaban J connectivity index is 1.94. The molecule has 106 valence electrons. The van der Waals surface area contributed by atoms with Gasteiger partial charge >= 0.3 is 0 Å². The van der Waals surface area contributed by atoms with Gasteiger partial charge in [0.2, 0.25) is 0 Å². The first-order valence-corrected chi connectivity index (χ1v) is 7.04. The zero-order valence-corrected chi connectivity index (χ0v) is 12.1. The maximum Gasteiger partial charge on any atom is 0.263 e. The van der Waals surface area contributed by atoms with E-state index in [0.29, 0.717) is 30.3 Å². The second kappa shape index (κ2) is 6.49. The Morgan fingerprint density at radius 3 is 3.10 bits per heavy atom. The van der Waals surface area contributed by atoms with Crippen molar-refractivity contribution in [3.05, 3.63) is 35.4 Å². The van der Waals surface area contributed by atoms with Crippen LogP contribution >= 0.6 is 11.3 Å². The molecule has 5 nitrogen and oxygen atoms in total. The van der Waals surface area contributed by atoms with Gasteiger partial charge in [0.25, 0.3) is 5.91 Å². The van der Waals surface area contributed by atoms with E-state index in [1.54, 1.807) is 12.3 Å². The van der Waals surface area contributed by atoms with Gasteiger partial charge < -0.3 is 15.8 Å². The average molecular weight is 291 g/mol. The fraction of sp³-hybridized carbons (Fsp3) is 0.286. The highest BCUT2D eigenvalue weighted by molar-refractivity contribution is 7.21. The molecule has 0 aromatic carbocycles.